The van der Waals surface area contributed by atoms with Crippen molar-refractivity contribution < 1.29 is 0 Å². The predicted molar refractivity (Wildman–Crippen MR) is 58.7 cm³/mol. The topological polar surface area (TPSA) is 0 Å². The van der Waals surface area contributed by atoms with Crippen LogP contribution >= 0.6 is 12.6 Å². The molecule has 1 heteroatoms. The first-order valence-electron chi connectivity index (χ1n) is 5.08. The molecular formula is C11H20S. The Labute approximate surface area is 81.8 Å². The van der Waals surface area contributed by atoms with Gasteiger partial charge in [-0.25, -0.2) is 0 Å². The fourth-order valence-corrected chi connectivity index (χ4v) is 1.57. The van der Waals surface area contributed by atoms with Gasteiger partial charge in [0, 0.05) is 0 Å². The standard InChI is InChI=1S/C11H20S/c1-10(9-12)5-2-3-6-11-7-4-8-11/h2-3,10-12H,4-9H2,1H3/b3-2+/t10-/m0/s1. The third-order valence-corrected chi connectivity index (χ3v) is 3.33. The normalized spacial score (nSPS) is 21.2. The first-order valence-corrected chi connectivity index (χ1v) is 5.72. The highest BCUT2D eigenvalue weighted by atomic mass is 32.1. The summed E-state index contributed by atoms with van der Waals surface area (Å²) in [5.74, 6) is 2.77. The molecule has 0 aromatic carbocycles. The van der Waals surface area contributed by atoms with Gasteiger partial charge in [-0.3, -0.25) is 0 Å². The van der Waals surface area contributed by atoms with Crippen molar-refractivity contribution in [2.75, 3.05) is 5.75 Å². The molecule has 0 bridgehead atoms. The Morgan fingerprint density at radius 1 is 1.42 bits per heavy atom. The molecule has 0 amide bonds. The Balaban J connectivity index is 1.97. The largest absolute Gasteiger partial charge is 0.179 e. The van der Waals surface area contributed by atoms with Crippen molar-refractivity contribution in [1.29, 1.82) is 0 Å². The summed E-state index contributed by atoms with van der Waals surface area (Å²) in [7, 11) is 0. The van der Waals surface area contributed by atoms with Gasteiger partial charge >= 0.3 is 0 Å². The van der Waals surface area contributed by atoms with Crippen LogP contribution in [-0.2, 0) is 0 Å². The van der Waals surface area contributed by atoms with Crippen LogP contribution < -0.4 is 0 Å². The Morgan fingerprint density at radius 3 is 2.67 bits per heavy atom. The van der Waals surface area contributed by atoms with E-state index in [1.165, 1.54) is 32.1 Å². The van der Waals surface area contributed by atoms with E-state index in [1.807, 2.05) is 0 Å². The first-order chi connectivity index (χ1) is 5.83. The van der Waals surface area contributed by atoms with Crippen molar-refractivity contribution in [3.8, 4) is 0 Å². The van der Waals surface area contributed by atoms with E-state index in [9.17, 15) is 0 Å². The monoisotopic (exact) mass is 184 g/mol. The average molecular weight is 184 g/mol. The number of allylic oxidation sites excluding steroid dienone is 2. The van der Waals surface area contributed by atoms with E-state index in [-0.39, 0.29) is 0 Å². The summed E-state index contributed by atoms with van der Waals surface area (Å²) in [6, 6.07) is 0. The Kier molecular flexibility index (Phi) is 4.82. The van der Waals surface area contributed by atoms with Gasteiger partial charge in [-0.15, -0.1) is 0 Å². The van der Waals surface area contributed by atoms with Crippen LogP contribution in [-0.4, -0.2) is 5.75 Å². The van der Waals surface area contributed by atoms with E-state index >= 15 is 0 Å². The third-order valence-electron chi connectivity index (χ3n) is 2.71. The SMILES string of the molecule is C[C@H](CS)C/C=C/CC1CCC1. The van der Waals surface area contributed by atoms with Crippen molar-refractivity contribution >= 4 is 12.6 Å². The number of rotatable bonds is 5. The molecule has 1 aliphatic rings. The average Bonchev–Trinajstić information content (AvgIpc) is 2.00. The zero-order valence-corrected chi connectivity index (χ0v) is 8.89. The molecule has 0 nitrogen and oxygen atoms in total. The van der Waals surface area contributed by atoms with Crippen LogP contribution in [0, 0.1) is 11.8 Å². The lowest BCUT2D eigenvalue weighted by Gasteiger charge is -2.23. The van der Waals surface area contributed by atoms with Gasteiger partial charge in [0.25, 0.3) is 0 Å². The Bertz CT molecular complexity index is 127. The summed E-state index contributed by atoms with van der Waals surface area (Å²) in [6.07, 6.45) is 11.6. The smallest absolute Gasteiger partial charge is 0.00692 e. The maximum atomic E-state index is 4.25. The van der Waals surface area contributed by atoms with Crippen molar-refractivity contribution in [3.63, 3.8) is 0 Å². The van der Waals surface area contributed by atoms with Gasteiger partial charge in [-0.2, -0.15) is 12.6 Å². The molecular weight excluding hydrogens is 164 g/mol. The molecule has 1 saturated carbocycles. The summed E-state index contributed by atoms with van der Waals surface area (Å²) < 4.78 is 0. The van der Waals surface area contributed by atoms with Crippen molar-refractivity contribution in [2.24, 2.45) is 11.8 Å². The van der Waals surface area contributed by atoms with E-state index in [4.69, 9.17) is 0 Å². The molecule has 0 spiro atoms. The fourth-order valence-electron chi connectivity index (χ4n) is 1.42. The highest BCUT2D eigenvalue weighted by molar-refractivity contribution is 7.80. The number of hydrogen-bond acceptors (Lipinski definition) is 1. The molecule has 1 fully saturated rings. The van der Waals surface area contributed by atoms with Gasteiger partial charge in [0.15, 0.2) is 0 Å². The fraction of sp³-hybridized carbons (Fsp3) is 0.818. The second kappa shape index (κ2) is 5.69. The highest BCUT2D eigenvalue weighted by Gasteiger charge is 2.14. The minimum absolute atomic E-state index is 0.742. The third kappa shape index (κ3) is 3.66. The van der Waals surface area contributed by atoms with E-state index in [2.05, 4.69) is 31.7 Å². The van der Waals surface area contributed by atoms with E-state index in [0.717, 1.165) is 17.6 Å². The van der Waals surface area contributed by atoms with Crippen molar-refractivity contribution in [2.45, 2.75) is 39.0 Å². The van der Waals surface area contributed by atoms with Crippen LogP contribution in [0.2, 0.25) is 0 Å². The molecule has 0 N–H and O–H groups in total. The van der Waals surface area contributed by atoms with Crippen LogP contribution in [0.15, 0.2) is 12.2 Å². The molecule has 0 aromatic rings. The summed E-state index contributed by atoms with van der Waals surface area (Å²) in [4.78, 5) is 0. The minimum atomic E-state index is 0.742. The van der Waals surface area contributed by atoms with Crippen LogP contribution in [0.1, 0.15) is 39.0 Å². The molecule has 1 aliphatic carbocycles. The molecule has 12 heavy (non-hydrogen) atoms. The second-order valence-corrected chi connectivity index (χ2v) is 4.39. The van der Waals surface area contributed by atoms with Gasteiger partial charge in [-0.05, 0) is 30.4 Å². The molecule has 0 unspecified atom stereocenters. The molecule has 0 radical (unpaired) electrons. The second-order valence-electron chi connectivity index (χ2n) is 4.03. The number of hydrogen-bond donors (Lipinski definition) is 1. The van der Waals surface area contributed by atoms with Crippen LogP contribution in [0.5, 0.6) is 0 Å². The van der Waals surface area contributed by atoms with Gasteiger partial charge in [-0.1, -0.05) is 38.3 Å². The summed E-state index contributed by atoms with van der Waals surface area (Å²) >= 11 is 4.25. The molecule has 0 heterocycles. The summed E-state index contributed by atoms with van der Waals surface area (Å²) in [5, 5.41) is 0. The summed E-state index contributed by atoms with van der Waals surface area (Å²) in [5.41, 5.74) is 0. The summed E-state index contributed by atoms with van der Waals surface area (Å²) in [6.45, 7) is 2.25. The van der Waals surface area contributed by atoms with E-state index in [0.29, 0.717) is 0 Å². The lowest BCUT2D eigenvalue weighted by molar-refractivity contribution is 0.319. The Morgan fingerprint density at radius 2 is 2.17 bits per heavy atom. The lowest BCUT2D eigenvalue weighted by Crippen LogP contribution is -2.09. The van der Waals surface area contributed by atoms with Crippen LogP contribution in [0.3, 0.4) is 0 Å². The molecule has 0 aliphatic heterocycles. The lowest BCUT2D eigenvalue weighted by atomic mass is 9.83. The Hall–Kier alpha value is 0.0900. The zero-order valence-electron chi connectivity index (χ0n) is 8.00. The minimum Gasteiger partial charge on any atom is -0.179 e. The van der Waals surface area contributed by atoms with Gasteiger partial charge in [0.2, 0.25) is 0 Å². The molecule has 1 atom stereocenters. The molecule has 70 valence electrons. The predicted octanol–water partition coefficient (Wildman–Crippen LogP) is 3.69. The van der Waals surface area contributed by atoms with Crippen LogP contribution in [0.25, 0.3) is 0 Å². The van der Waals surface area contributed by atoms with Crippen molar-refractivity contribution in [1.82, 2.24) is 0 Å². The maximum Gasteiger partial charge on any atom is -0.00692 e. The van der Waals surface area contributed by atoms with Gasteiger partial charge in [0.1, 0.15) is 0 Å². The highest BCUT2D eigenvalue weighted by Crippen LogP contribution is 2.29. The first kappa shape index (κ1) is 10.2. The van der Waals surface area contributed by atoms with E-state index < -0.39 is 0 Å². The van der Waals surface area contributed by atoms with Gasteiger partial charge < -0.3 is 0 Å². The molecule has 1 rings (SSSR count). The molecule has 0 aromatic heterocycles. The zero-order chi connectivity index (χ0) is 8.81. The van der Waals surface area contributed by atoms with E-state index in [1.54, 1.807) is 0 Å². The van der Waals surface area contributed by atoms with Crippen molar-refractivity contribution in [3.05, 3.63) is 12.2 Å². The molecule has 0 saturated heterocycles. The maximum absolute atomic E-state index is 4.25. The van der Waals surface area contributed by atoms with Crippen LogP contribution in [0.4, 0.5) is 0 Å². The van der Waals surface area contributed by atoms with Gasteiger partial charge in [0.05, 0.1) is 0 Å². The quantitative estimate of drug-likeness (QED) is 0.489. The number of thiol groups is 1.